The summed E-state index contributed by atoms with van der Waals surface area (Å²) in [6.45, 7) is 3.64. The standard InChI is InChI=1S/C11H20N2O4S3/c1-10(3-5-19(14,15)7-10)12-9(18)13-11(2)4-6-20(16,17)8-11/h3-8H2,1-2H3,(H2,12,13,18). The summed E-state index contributed by atoms with van der Waals surface area (Å²) >= 11 is 5.21. The Morgan fingerprint density at radius 2 is 1.25 bits per heavy atom. The van der Waals surface area contributed by atoms with Crippen LogP contribution in [0.15, 0.2) is 0 Å². The van der Waals surface area contributed by atoms with Crippen molar-refractivity contribution < 1.29 is 16.8 Å². The molecule has 2 saturated heterocycles. The second-order valence-corrected chi connectivity index (χ2v) is 11.2. The van der Waals surface area contributed by atoms with E-state index in [2.05, 4.69) is 10.6 Å². The number of thiocarbonyl (C=S) groups is 1. The lowest BCUT2D eigenvalue weighted by atomic mass is 10.0. The lowest BCUT2D eigenvalue weighted by Crippen LogP contribution is -2.57. The van der Waals surface area contributed by atoms with Crippen molar-refractivity contribution in [2.45, 2.75) is 37.8 Å². The van der Waals surface area contributed by atoms with E-state index in [9.17, 15) is 16.8 Å². The maximum absolute atomic E-state index is 11.5. The van der Waals surface area contributed by atoms with Crippen molar-refractivity contribution in [3.05, 3.63) is 0 Å². The molecular weight excluding hydrogens is 320 g/mol. The molecule has 6 nitrogen and oxygen atoms in total. The molecule has 0 radical (unpaired) electrons. The zero-order valence-corrected chi connectivity index (χ0v) is 14.0. The van der Waals surface area contributed by atoms with Crippen molar-refractivity contribution in [1.82, 2.24) is 10.6 Å². The van der Waals surface area contributed by atoms with Gasteiger partial charge in [-0.2, -0.15) is 0 Å². The van der Waals surface area contributed by atoms with Crippen molar-refractivity contribution in [2.75, 3.05) is 23.0 Å². The van der Waals surface area contributed by atoms with Gasteiger partial charge in [-0.1, -0.05) is 0 Å². The molecule has 0 aliphatic carbocycles. The van der Waals surface area contributed by atoms with Crippen LogP contribution in [0.3, 0.4) is 0 Å². The van der Waals surface area contributed by atoms with E-state index in [0.29, 0.717) is 18.0 Å². The topological polar surface area (TPSA) is 92.3 Å². The highest BCUT2D eigenvalue weighted by Gasteiger charge is 2.42. The number of rotatable bonds is 2. The second-order valence-electron chi connectivity index (χ2n) is 6.38. The normalized spacial score (nSPS) is 38.5. The first-order valence-electron chi connectivity index (χ1n) is 6.44. The van der Waals surface area contributed by atoms with Crippen LogP contribution in [0.2, 0.25) is 0 Å². The molecule has 0 saturated carbocycles. The third-order valence-electron chi connectivity index (χ3n) is 3.84. The second kappa shape index (κ2) is 4.81. The molecule has 0 aromatic heterocycles. The SMILES string of the molecule is CC1(NC(=S)NC2(C)CCS(=O)(=O)C2)CCS(=O)(=O)C1. The largest absolute Gasteiger partial charge is 0.357 e. The van der Waals surface area contributed by atoms with Crippen LogP contribution in [0.5, 0.6) is 0 Å². The van der Waals surface area contributed by atoms with E-state index in [-0.39, 0.29) is 23.0 Å². The zero-order valence-electron chi connectivity index (χ0n) is 11.6. The van der Waals surface area contributed by atoms with E-state index in [4.69, 9.17) is 12.2 Å². The molecule has 2 unspecified atom stereocenters. The van der Waals surface area contributed by atoms with Gasteiger partial charge in [-0.3, -0.25) is 0 Å². The minimum atomic E-state index is -3.01. The van der Waals surface area contributed by atoms with Crippen LogP contribution >= 0.6 is 12.2 Å². The van der Waals surface area contributed by atoms with E-state index < -0.39 is 30.8 Å². The van der Waals surface area contributed by atoms with E-state index >= 15 is 0 Å². The Morgan fingerprint density at radius 3 is 1.50 bits per heavy atom. The summed E-state index contributed by atoms with van der Waals surface area (Å²) in [5.74, 6) is 0.420. The first-order chi connectivity index (χ1) is 8.93. The monoisotopic (exact) mass is 340 g/mol. The molecule has 0 amide bonds. The van der Waals surface area contributed by atoms with Gasteiger partial charge in [0.2, 0.25) is 0 Å². The van der Waals surface area contributed by atoms with Crippen LogP contribution in [-0.2, 0) is 19.7 Å². The number of nitrogens with one attached hydrogen (secondary N) is 2. The third-order valence-corrected chi connectivity index (χ3v) is 7.85. The summed E-state index contributed by atoms with van der Waals surface area (Å²) in [6.07, 6.45) is 1.01. The molecule has 2 aliphatic rings. The molecule has 20 heavy (non-hydrogen) atoms. The fourth-order valence-electron chi connectivity index (χ4n) is 2.80. The Bertz CT molecular complexity index is 574. The van der Waals surface area contributed by atoms with Crippen LogP contribution in [-0.4, -0.2) is 56.0 Å². The van der Waals surface area contributed by atoms with Gasteiger partial charge in [0, 0.05) is 0 Å². The molecule has 2 N–H and O–H groups in total. The summed E-state index contributed by atoms with van der Waals surface area (Å²) in [6, 6.07) is 0. The molecule has 0 spiro atoms. The maximum atomic E-state index is 11.5. The lowest BCUT2D eigenvalue weighted by Gasteiger charge is -2.31. The van der Waals surface area contributed by atoms with Crippen LogP contribution in [0.25, 0.3) is 0 Å². The van der Waals surface area contributed by atoms with Gasteiger partial charge in [0.05, 0.1) is 34.1 Å². The first-order valence-corrected chi connectivity index (χ1v) is 10.5. The molecule has 2 heterocycles. The first kappa shape index (κ1) is 16.0. The molecule has 0 bridgehead atoms. The van der Waals surface area contributed by atoms with Gasteiger partial charge in [-0.15, -0.1) is 0 Å². The highest BCUT2D eigenvalue weighted by atomic mass is 32.2. The molecule has 2 rings (SSSR count). The smallest absolute Gasteiger partial charge is 0.167 e. The quantitative estimate of drug-likeness (QED) is 0.661. The third kappa shape index (κ3) is 3.82. The van der Waals surface area contributed by atoms with Crippen LogP contribution in [0.1, 0.15) is 26.7 Å². The van der Waals surface area contributed by atoms with Gasteiger partial charge in [0.1, 0.15) is 0 Å². The minimum absolute atomic E-state index is 0.0524. The highest BCUT2D eigenvalue weighted by Crippen LogP contribution is 2.25. The average Bonchev–Trinajstić information content (AvgIpc) is 2.62. The predicted octanol–water partition coefficient (Wildman–Crippen LogP) is -0.395. The van der Waals surface area contributed by atoms with Crippen LogP contribution in [0.4, 0.5) is 0 Å². The van der Waals surface area contributed by atoms with Crippen molar-refractivity contribution in [1.29, 1.82) is 0 Å². The summed E-state index contributed by atoms with van der Waals surface area (Å²) in [5, 5.41) is 6.40. The van der Waals surface area contributed by atoms with Gasteiger partial charge in [-0.05, 0) is 38.9 Å². The molecule has 0 aromatic carbocycles. The summed E-state index contributed by atoms with van der Waals surface area (Å²) < 4.78 is 46.1. The lowest BCUT2D eigenvalue weighted by molar-refractivity contribution is 0.432. The van der Waals surface area contributed by atoms with E-state index in [0.717, 1.165) is 0 Å². The Kier molecular flexibility index (Phi) is 3.84. The van der Waals surface area contributed by atoms with Gasteiger partial charge in [-0.25, -0.2) is 16.8 Å². The fourth-order valence-corrected chi connectivity index (χ4v) is 7.48. The Morgan fingerprint density at radius 1 is 0.900 bits per heavy atom. The molecule has 0 aromatic rings. The van der Waals surface area contributed by atoms with E-state index in [1.54, 1.807) is 0 Å². The molecule has 9 heteroatoms. The van der Waals surface area contributed by atoms with Gasteiger partial charge >= 0.3 is 0 Å². The van der Waals surface area contributed by atoms with Crippen LogP contribution in [0, 0.1) is 0 Å². The van der Waals surface area contributed by atoms with Crippen molar-refractivity contribution in [3.63, 3.8) is 0 Å². The summed E-state index contributed by atoms with van der Waals surface area (Å²) in [7, 11) is -6.01. The van der Waals surface area contributed by atoms with Gasteiger partial charge in [0.25, 0.3) is 0 Å². The Hall–Kier alpha value is -0.410. The predicted molar refractivity (Wildman–Crippen MR) is 82.2 cm³/mol. The maximum Gasteiger partial charge on any atom is 0.167 e. The van der Waals surface area contributed by atoms with Crippen molar-refractivity contribution in [3.8, 4) is 0 Å². The van der Waals surface area contributed by atoms with Crippen molar-refractivity contribution >= 4 is 37.0 Å². The molecule has 2 aliphatic heterocycles. The minimum Gasteiger partial charge on any atom is -0.357 e. The molecule has 116 valence electrons. The van der Waals surface area contributed by atoms with Gasteiger partial charge in [0.15, 0.2) is 24.8 Å². The number of hydrogen-bond acceptors (Lipinski definition) is 5. The van der Waals surface area contributed by atoms with Crippen molar-refractivity contribution in [2.24, 2.45) is 0 Å². The van der Waals surface area contributed by atoms with Crippen LogP contribution < -0.4 is 10.6 Å². The zero-order chi connectivity index (χ0) is 15.2. The number of sulfone groups is 2. The Balaban J connectivity index is 1.97. The summed E-state index contributed by atoms with van der Waals surface area (Å²) in [4.78, 5) is 0. The Labute approximate surface area is 125 Å². The van der Waals surface area contributed by atoms with Gasteiger partial charge < -0.3 is 10.6 Å². The highest BCUT2D eigenvalue weighted by molar-refractivity contribution is 7.92. The van der Waals surface area contributed by atoms with E-state index in [1.807, 2.05) is 13.8 Å². The summed E-state index contributed by atoms with van der Waals surface area (Å²) in [5.41, 5.74) is -1.15. The van der Waals surface area contributed by atoms with E-state index in [1.165, 1.54) is 0 Å². The fraction of sp³-hybridized carbons (Fsp3) is 0.909. The average molecular weight is 340 g/mol. The molecule has 2 fully saturated rings. The molecular formula is C11H20N2O4S3. The molecule has 2 atom stereocenters. The number of hydrogen-bond donors (Lipinski definition) is 2.